The van der Waals surface area contributed by atoms with Crippen molar-refractivity contribution in [2.24, 2.45) is 0 Å². The molecule has 1 aliphatic heterocycles. The lowest BCUT2D eigenvalue weighted by Crippen LogP contribution is -2.35. The topological polar surface area (TPSA) is 58.6 Å². The van der Waals surface area contributed by atoms with Crippen molar-refractivity contribution in [1.29, 1.82) is 0 Å². The third kappa shape index (κ3) is 4.18. The number of para-hydroxylation sites is 1. The molecule has 3 rings (SSSR count). The SMILES string of the molecule is CCCCN1C(=O)CCc2cc(NC(=O)Oc3ccccc3)ccc21. The van der Waals surface area contributed by atoms with Crippen LogP contribution in [0.4, 0.5) is 16.2 Å². The molecule has 2 aromatic carbocycles. The first-order chi connectivity index (χ1) is 12.2. The highest BCUT2D eigenvalue weighted by Gasteiger charge is 2.23. The average molecular weight is 338 g/mol. The highest BCUT2D eigenvalue weighted by atomic mass is 16.6. The van der Waals surface area contributed by atoms with Gasteiger partial charge in [-0.1, -0.05) is 31.5 Å². The van der Waals surface area contributed by atoms with Crippen LogP contribution in [0.5, 0.6) is 5.75 Å². The number of nitrogens with zero attached hydrogens (tertiary/aromatic N) is 1. The lowest BCUT2D eigenvalue weighted by molar-refractivity contribution is -0.118. The van der Waals surface area contributed by atoms with Crippen molar-refractivity contribution >= 4 is 23.4 Å². The molecule has 0 aromatic heterocycles. The molecule has 1 heterocycles. The normalized spacial score (nSPS) is 13.3. The minimum atomic E-state index is -0.527. The minimum Gasteiger partial charge on any atom is -0.410 e. The molecule has 2 aromatic rings. The van der Waals surface area contributed by atoms with E-state index in [1.807, 2.05) is 41.3 Å². The summed E-state index contributed by atoms with van der Waals surface area (Å²) in [6.45, 7) is 2.85. The van der Waals surface area contributed by atoms with Crippen molar-refractivity contribution < 1.29 is 14.3 Å². The number of carbonyl (C=O) groups excluding carboxylic acids is 2. The Morgan fingerprint density at radius 1 is 1.16 bits per heavy atom. The van der Waals surface area contributed by atoms with E-state index in [4.69, 9.17) is 4.74 Å². The fourth-order valence-corrected chi connectivity index (χ4v) is 2.94. The van der Waals surface area contributed by atoms with Crippen LogP contribution in [0.2, 0.25) is 0 Å². The van der Waals surface area contributed by atoms with Gasteiger partial charge < -0.3 is 9.64 Å². The zero-order chi connectivity index (χ0) is 17.6. The van der Waals surface area contributed by atoms with Gasteiger partial charge in [0.1, 0.15) is 5.75 Å². The van der Waals surface area contributed by atoms with Gasteiger partial charge in [-0.15, -0.1) is 0 Å². The molecule has 0 unspecified atom stereocenters. The number of hydrogen-bond acceptors (Lipinski definition) is 3. The summed E-state index contributed by atoms with van der Waals surface area (Å²) in [6, 6.07) is 14.6. The highest BCUT2D eigenvalue weighted by molar-refractivity contribution is 5.97. The maximum atomic E-state index is 12.2. The van der Waals surface area contributed by atoms with E-state index in [9.17, 15) is 9.59 Å². The number of anilines is 2. The smallest absolute Gasteiger partial charge is 0.410 e. The van der Waals surface area contributed by atoms with Gasteiger partial charge in [0.05, 0.1) is 0 Å². The van der Waals surface area contributed by atoms with E-state index in [0.717, 1.165) is 30.6 Å². The number of amides is 2. The minimum absolute atomic E-state index is 0.171. The Hall–Kier alpha value is -2.82. The number of fused-ring (bicyclic) bond motifs is 1. The van der Waals surface area contributed by atoms with Crippen molar-refractivity contribution in [3.63, 3.8) is 0 Å². The van der Waals surface area contributed by atoms with Gasteiger partial charge >= 0.3 is 6.09 Å². The third-order valence-corrected chi connectivity index (χ3v) is 4.21. The van der Waals surface area contributed by atoms with Crippen LogP contribution in [0.3, 0.4) is 0 Å². The number of rotatable bonds is 5. The standard InChI is InChI=1S/C20H22N2O3/c1-2-3-13-22-18-11-10-16(14-15(18)9-12-19(22)23)21-20(24)25-17-7-5-4-6-8-17/h4-8,10-11,14H,2-3,9,12-13H2,1H3,(H,21,24). The summed E-state index contributed by atoms with van der Waals surface area (Å²) in [5.41, 5.74) is 2.70. The largest absolute Gasteiger partial charge is 0.417 e. The zero-order valence-corrected chi connectivity index (χ0v) is 14.3. The summed E-state index contributed by atoms with van der Waals surface area (Å²) in [6.07, 6.45) is 2.70. The molecule has 0 spiro atoms. The average Bonchev–Trinajstić information content (AvgIpc) is 2.62. The molecule has 0 radical (unpaired) electrons. The van der Waals surface area contributed by atoms with Gasteiger partial charge in [-0.3, -0.25) is 10.1 Å². The third-order valence-electron chi connectivity index (χ3n) is 4.21. The highest BCUT2D eigenvalue weighted by Crippen LogP contribution is 2.30. The molecular formula is C20H22N2O3. The number of benzene rings is 2. The zero-order valence-electron chi connectivity index (χ0n) is 14.3. The Morgan fingerprint density at radius 3 is 2.72 bits per heavy atom. The molecule has 0 fully saturated rings. The summed E-state index contributed by atoms with van der Waals surface area (Å²) in [7, 11) is 0. The number of unbranched alkanes of at least 4 members (excludes halogenated alkanes) is 1. The van der Waals surface area contributed by atoms with E-state index in [-0.39, 0.29) is 5.91 Å². The Morgan fingerprint density at radius 2 is 1.96 bits per heavy atom. The second-order valence-corrected chi connectivity index (χ2v) is 6.07. The number of ether oxygens (including phenoxy) is 1. The van der Waals surface area contributed by atoms with Gasteiger partial charge in [0.15, 0.2) is 0 Å². The molecule has 0 saturated carbocycles. The molecule has 5 heteroatoms. The molecule has 0 atom stereocenters. The molecule has 0 saturated heterocycles. The Bertz CT molecular complexity index is 759. The van der Waals surface area contributed by atoms with Crippen LogP contribution in [-0.4, -0.2) is 18.5 Å². The second-order valence-electron chi connectivity index (χ2n) is 6.07. The van der Waals surface area contributed by atoms with Gasteiger partial charge in [0, 0.05) is 24.3 Å². The van der Waals surface area contributed by atoms with Gasteiger partial charge in [-0.2, -0.15) is 0 Å². The molecule has 2 amide bonds. The van der Waals surface area contributed by atoms with Gasteiger partial charge in [-0.05, 0) is 48.7 Å². The molecule has 0 aliphatic carbocycles. The predicted molar refractivity (Wildman–Crippen MR) is 98.1 cm³/mol. The van der Waals surface area contributed by atoms with Gasteiger partial charge in [0.25, 0.3) is 0 Å². The monoisotopic (exact) mass is 338 g/mol. The first-order valence-electron chi connectivity index (χ1n) is 8.64. The van der Waals surface area contributed by atoms with E-state index in [0.29, 0.717) is 24.3 Å². The number of nitrogens with one attached hydrogen (secondary N) is 1. The first kappa shape index (κ1) is 17.0. The Balaban J connectivity index is 1.70. The van der Waals surface area contributed by atoms with Crippen molar-refractivity contribution in [2.45, 2.75) is 32.6 Å². The molecule has 130 valence electrons. The van der Waals surface area contributed by atoms with E-state index >= 15 is 0 Å². The summed E-state index contributed by atoms with van der Waals surface area (Å²) < 4.78 is 5.24. The summed E-state index contributed by atoms with van der Waals surface area (Å²) in [5, 5.41) is 2.75. The van der Waals surface area contributed by atoms with Crippen LogP contribution in [0, 0.1) is 0 Å². The van der Waals surface area contributed by atoms with Crippen molar-refractivity contribution in [3.05, 3.63) is 54.1 Å². The van der Waals surface area contributed by atoms with E-state index in [1.165, 1.54) is 0 Å². The lowest BCUT2D eigenvalue weighted by Gasteiger charge is -2.29. The van der Waals surface area contributed by atoms with Gasteiger partial charge in [0.2, 0.25) is 5.91 Å². The van der Waals surface area contributed by atoms with E-state index in [2.05, 4.69) is 12.2 Å². The van der Waals surface area contributed by atoms with Crippen LogP contribution in [0.15, 0.2) is 48.5 Å². The second kappa shape index (κ2) is 7.83. The van der Waals surface area contributed by atoms with Crippen LogP contribution < -0.4 is 15.0 Å². The van der Waals surface area contributed by atoms with Crippen LogP contribution in [-0.2, 0) is 11.2 Å². The molecule has 25 heavy (non-hydrogen) atoms. The van der Waals surface area contributed by atoms with Gasteiger partial charge in [-0.25, -0.2) is 4.79 Å². The van der Waals surface area contributed by atoms with Crippen LogP contribution in [0.1, 0.15) is 31.7 Å². The number of carbonyl (C=O) groups is 2. The molecule has 1 aliphatic rings. The van der Waals surface area contributed by atoms with E-state index < -0.39 is 6.09 Å². The van der Waals surface area contributed by atoms with E-state index in [1.54, 1.807) is 12.1 Å². The summed E-state index contributed by atoms with van der Waals surface area (Å²) in [5.74, 6) is 0.666. The number of hydrogen-bond donors (Lipinski definition) is 1. The maximum absolute atomic E-state index is 12.2. The summed E-state index contributed by atoms with van der Waals surface area (Å²) >= 11 is 0. The van der Waals surface area contributed by atoms with Crippen LogP contribution in [0.25, 0.3) is 0 Å². The lowest BCUT2D eigenvalue weighted by atomic mass is 10.00. The molecular weight excluding hydrogens is 316 g/mol. The fourth-order valence-electron chi connectivity index (χ4n) is 2.94. The molecule has 0 bridgehead atoms. The maximum Gasteiger partial charge on any atom is 0.417 e. The Labute approximate surface area is 147 Å². The molecule has 5 nitrogen and oxygen atoms in total. The fraction of sp³-hybridized carbons (Fsp3) is 0.300. The number of aryl methyl sites for hydroxylation is 1. The van der Waals surface area contributed by atoms with Crippen molar-refractivity contribution in [1.82, 2.24) is 0 Å². The first-order valence-corrected chi connectivity index (χ1v) is 8.64. The molecule has 1 N–H and O–H groups in total. The Kier molecular flexibility index (Phi) is 5.33. The van der Waals surface area contributed by atoms with Crippen molar-refractivity contribution in [3.8, 4) is 5.75 Å². The van der Waals surface area contributed by atoms with Crippen molar-refractivity contribution in [2.75, 3.05) is 16.8 Å². The quantitative estimate of drug-likeness (QED) is 0.880. The predicted octanol–water partition coefficient (Wildman–Crippen LogP) is 4.38. The van der Waals surface area contributed by atoms with Crippen LogP contribution >= 0.6 is 0 Å². The summed E-state index contributed by atoms with van der Waals surface area (Å²) in [4.78, 5) is 26.0.